The molecule has 0 bridgehead atoms. The van der Waals surface area contributed by atoms with Crippen LogP contribution in [0.15, 0.2) is 18.2 Å². The molecule has 1 aliphatic heterocycles. The van der Waals surface area contributed by atoms with E-state index in [-0.39, 0.29) is 23.0 Å². The van der Waals surface area contributed by atoms with Gasteiger partial charge in [0.05, 0.1) is 17.1 Å². The molecule has 0 aromatic heterocycles. The smallest absolute Gasteiger partial charge is 0.258 e. The Labute approximate surface area is 109 Å². The Morgan fingerprint density at radius 2 is 2.22 bits per heavy atom. The number of carbonyl (C=O) groups excluding carboxylic acids is 2. The van der Waals surface area contributed by atoms with Gasteiger partial charge in [0, 0.05) is 13.1 Å². The number of nitrogens with one attached hydrogen (secondary N) is 1. The van der Waals surface area contributed by atoms with Crippen LogP contribution in [0.2, 0.25) is 5.02 Å². The van der Waals surface area contributed by atoms with E-state index in [0.717, 1.165) is 0 Å². The van der Waals surface area contributed by atoms with Crippen molar-refractivity contribution in [3.05, 3.63) is 34.6 Å². The van der Waals surface area contributed by atoms with Crippen molar-refractivity contribution in [2.75, 3.05) is 19.6 Å². The summed E-state index contributed by atoms with van der Waals surface area (Å²) in [6, 6.07) is 4.07. The highest BCUT2D eigenvalue weighted by atomic mass is 35.5. The highest BCUT2D eigenvalue weighted by Crippen LogP contribution is 2.21. The quantitative estimate of drug-likeness (QED) is 0.840. The predicted octanol–water partition coefficient (Wildman–Crippen LogP) is 1.44. The number of halogens is 2. The molecule has 0 spiro atoms. The molecule has 0 unspecified atom stereocenters. The van der Waals surface area contributed by atoms with E-state index < -0.39 is 11.7 Å². The van der Waals surface area contributed by atoms with Crippen LogP contribution in [0.1, 0.15) is 16.8 Å². The van der Waals surface area contributed by atoms with Gasteiger partial charge in [0.2, 0.25) is 5.91 Å². The molecule has 6 heteroatoms. The van der Waals surface area contributed by atoms with Crippen LogP contribution in [0.25, 0.3) is 0 Å². The minimum Gasteiger partial charge on any atom is -0.354 e. The molecule has 0 saturated carbocycles. The van der Waals surface area contributed by atoms with Gasteiger partial charge in [-0.2, -0.15) is 0 Å². The van der Waals surface area contributed by atoms with Gasteiger partial charge in [0.1, 0.15) is 5.82 Å². The third-order valence-corrected chi connectivity index (χ3v) is 3.04. The van der Waals surface area contributed by atoms with Gasteiger partial charge in [0.15, 0.2) is 0 Å². The maximum absolute atomic E-state index is 13.6. The molecular formula is C12H12ClFN2O2. The number of rotatable bonds is 1. The molecule has 1 aromatic carbocycles. The van der Waals surface area contributed by atoms with Gasteiger partial charge in [-0.1, -0.05) is 17.7 Å². The first-order valence-electron chi connectivity index (χ1n) is 5.59. The lowest BCUT2D eigenvalue weighted by Gasteiger charge is -2.19. The second-order valence-corrected chi connectivity index (χ2v) is 4.43. The van der Waals surface area contributed by atoms with Crippen molar-refractivity contribution in [3.63, 3.8) is 0 Å². The standard InChI is InChI=1S/C12H12ClFN2O2/c13-8-3-1-4-9(14)11(8)12(18)16-6-2-5-15-10(17)7-16/h1,3-4H,2,5-7H2,(H,15,17). The van der Waals surface area contributed by atoms with Crippen LogP contribution in [0.4, 0.5) is 4.39 Å². The second kappa shape index (κ2) is 5.35. The number of carbonyl (C=O) groups is 2. The van der Waals surface area contributed by atoms with Crippen LogP contribution in [-0.2, 0) is 4.79 Å². The summed E-state index contributed by atoms with van der Waals surface area (Å²) in [5.41, 5.74) is -0.172. The van der Waals surface area contributed by atoms with Crippen molar-refractivity contribution >= 4 is 23.4 Å². The van der Waals surface area contributed by atoms with E-state index in [1.54, 1.807) is 0 Å². The van der Waals surface area contributed by atoms with Crippen LogP contribution in [0.5, 0.6) is 0 Å². The molecule has 1 N–H and O–H groups in total. The van der Waals surface area contributed by atoms with E-state index in [2.05, 4.69) is 5.32 Å². The Morgan fingerprint density at radius 1 is 1.44 bits per heavy atom. The summed E-state index contributed by atoms with van der Waals surface area (Å²) in [4.78, 5) is 24.8. The van der Waals surface area contributed by atoms with Gasteiger partial charge in [-0.15, -0.1) is 0 Å². The fraction of sp³-hybridized carbons (Fsp3) is 0.333. The fourth-order valence-corrected chi connectivity index (χ4v) is 2.08. The van der Waals surface area contributed by atoms with E-state index in [1.807, 2.05) is 0 Å². The third kappa shape index (κ3) is 2.61. The molecule has 96 valence electrons. The maximum Gasteiger partial charge on any atom is 0.258 e. The normalized spacial score (nSPS) is 16.1. The van der Waals surface area contributed by atoms with E-state index in [4.69, 9.17) is 11.6 Å². The van der Waals surface area contributed by atoms with Gasteiger partial charge < -0.3 is 10.2 Å². The predicted molar refractivity (Wildman–Crippen MR) is 64.9 cm³/mol. The van der Waals surface area contributed by atoms with E-state index >= 15 is 0 Å². The zero-order chi connectivity index (χ0) is 13.1. The molecule has 1 saturated heterocycles. The topological polar surface area (TPSA) is 49.4 Å². The van der Waals surface area contributed by atoms with Gasteiger partial charge in [-0.3, -0.25) is 9.59 Å². The first-order valence-corrected chi connectivity index (χ1v) is 5.97. The van der Waals surface area contributed by atoms with Gasteiger partial charge in [-0.05, 0) is 18.6 Å². The fourth-order valence-electron chi connectivity index (χ4n) is 1.84. The lowest BCUT2D eigenvalue weighted by molar-refractivity contribution is -0.121. The number of hydrogen-bond donors (Lipinski definition) is 1. The number of amides is 2. The van der Waals surface area contributed by atoms with E-state index in [1.165, 1.54) is 23.1 Å². The van der Waals surface area contributed by atoms with Crippen molar-refractivity contribution in [2.24, 2.45) is 0 Å². The Kier molecular flexibility index (Phi) is 3.81. The summed E-state index contributed by atoms with van der Waals surface area (Å²) in [6.07, 6.45) is 0.642. The summed E-state index contributed by atoms with van der Waals surface area (Å²) in [5, 5.41) is 2.71. The number of benzene rings is 1. The Hall–Kier alpha value is -1.62. The van der Waals surface area contributed by atoms with Crippen molar-refractivity contribution < 1.29 is 14.0 Å². The van der Waals surface area contributed by atoms with Crippen molar-refractivity contribution in [2.45, 2.75) is 6.42 Å². The molecule has 1 aliphatic rings. The second-order valence-electron chi connectivity index (χ2n) is 4.03. The Bertz CT molecular complexity index is 473. The number of nitrogens with zero attached hydrogens (tertiary/aromatic N) is 1. The van der Waals surface area contributed by atoms with E-state index in [0.29, 0.717) is 19.5 Å². The lowest BCUT2D eigenvalue weighted by atomic mass is 10.1. The van der Waals surface area contributed by atoms with Crippen LogP contribution in [0.3, 0.4) is 0 Å². The molecule has 0 radical (unpaired) electrons. The highest BCUT2D eigenvalue weighted by molar-refractivity contribution is 6.33. The largest absolute Gasteiger partial charge is 0.354 e. The molecule has 4 nitrogen and oxygen atoms in total. The zero-order valence-electron chi connectivity index (χ0n) is 9.58. The maximum atomic E-state index is 13.6. The van der Waals surface area contributed by atoms with E-state index in [9.17, 15) is 14.0 Å². The summed E-state index contributed by atoms with van der Waals surface area (Å²) in [7, 11) is 0. The number of hydrogen-bond acceptors (Lipinski definition) is 2. The summed E-state index contributed by atoms with van der Waals surface area (Å²) in [6.45, 7) is 0.860. The summed E-state index contributed by atoms with van der Waals surface area (Å²) in [5.74, 6) is -1.46. The van der Waals surface area contributed by atoms with Crippen molar-refractivity contribution in [1.82, 2.24) is 10.2 Å². The van der Waals surface area contributed by atoms with Gasteiger partial charge in [-0.25, -0.2) is 4.39 Å². The van der Waals surface area contributed by atoms with Crippen LogP contribution in [-0.4, -0.2) is 36.3 Å². The molecule has 1 aromatic rings. The van der Waals surface area contributed by atoms with Gasteiger partial charge in [0.25, 0.3) is 5.91 Å². The first kappa shape index (κ1) is 12.8. The van der Waals surface area contributed by atoms with Crippen LogP contribution in [0, 0.1) is 5.82 Å². The summed E-state index contributed by atoms with van der Waals surface area (Å²) < 4.78 is 13.6. The molecule has 18 heavy (non-hydrogen) atoms. The average Bonchev–Trinajstić information content (AvgIpc) is 2.53. The van der Waals surface area contributed by atoms with Crippen molar-refractivity contribution in [1.29, 1.82) is 0 Å². The molecule has 1 heterocycles. The molecular weight excluding hydrogens is 259 g/mol. The molecule has 1 fully saturated rings. The molecule has 2 amide bonds. The molecule has 2 rings (SSSR count). The van der Waals surface area contributed by atoms with Crippen LogP contribution >= 0.6 is 11.6 Å². The Morgan fingerprint density at radius 3 is 2.94 bits per heavy atom. The minimum atomic E-state index is -0.669. The zero-order valence-corrected chi connectivity index (χ0v) is 10.3. The molecule has 0 aliphatic carbocycles. The lowest BCUT2D eigenvalue weighted by Crippen LogP contribution is -2.37. The average molecular weight is 271 g/mol. The summed E-state index contributed by atoms with van der Waals surface area (Å²) >= 11 is 5.83. The Balaban J connectivity index is 2.27. The van der Waals surface area contributed by atoms with Crippen LogP contribution < -0.4 is 5.32 Å². The van der Waals surface area contributed by atoms with Crippen molar-refractivity contribution in [3.8, 4) is 0 Å². The van der Waals surface area contributed by atoms with Gasteiger partial charge >= 0.3 is 0 Å². The first-order chi connectivity index (χ1) is 8.59. The SMILES string of the molecule is O=C1CN(C(=O)c2c(F)cccc2Cl)CCCN1. The molecule has 0 atom stereocenters. The monoisotopic (exact) mass is 270 g/mol. The highest BCUT2D eigenvalue weighted by Gasteiger charge is 2.25. The minimum absolute atomic E-state index is 0.0599. The third-order valence-electron chi connectivity index (χ3n) is 2.73.